The Balaban J connectivity index is 1.62. The lowest BCUT2D eigenvalue weighted by atomic mass is 10.2. The lowest BCUT2D eigenvalue weighted by Gasteiger charge is -2.23. The molecule has 0 amide bonds. The first-order valence-corrected chi connectivity index (χ1v) is 7.12. The van der Waals surface area contributed by atoms with E-state index in [9.17, 15) is 0 Å². The van der Waals surface area contributed by atoms with Crippen molar-refractivity contribution in [1.29, 1.82) is 0 Å². The fourth-order valence-electron chi connectivity index (χ4n) is 2.75. The molecule has 0 spiro atoms. The Morgan fingerprint density at radius 3 is 2.84 bits per heavy atom. The van der Waals surface area contributed by atoms with Gasteiger partial charge in [-0.05, 0) is 31.4 Å². The molecule has 0 unspecified atom stereocenters. The van der Waals surface area contributed by atoms with E-state index in [0.717, 1.165) is 39.0 Å². The van der Waals surface area contributed by atoms with Crippen LogP contribution < -0.4 is 0 Å². The summed E-state index contributed by atoms with van der Waals surface area (Å²) in [5.41, 5.74) is 2.67. The maximum absolute atomic E-state index is 5.58. The van der Waals surface area contributed by atoms with Crippen LogP contribution in [0.4, 0.5) is 0 Å². The minimum Gasteiger partial charge on any atom is -0.353 e. The Morgan fingerprint density at radius 1 is 1.21 bits per heavy atom. The van der Waals surface area contributed by atoms with Gasteiger partial charge in [0.25, 0.3) is 0 Å². The molecule has 3 rings (SSSR count). The van der Waals surface area contributed by atoms with E-state index in [2.05, 4.69) is 42.0 Å². The Morgan fingerprint density at radius 2 is 2.00 bits per heavy atom. The molecule has 1 aliphatic heterocycles. The van der Waals surface area contributed by atoms with Crippen molar-refractivity contribution in [1.82, 2.24) is 4.57 Å². The molecule has 0 bridgehead atoms. The van der Waals surface area contributed by atoms with Crippen LogP contribution in [-0.2, 0) is 16.0 Å². The van der Waals surface area contributed by atoms with Crippen LogP contribution in [0.3, 0.4) is 0 Å². The first-order chi connectivity index (χ1) is 9.34. The average Bonchev–Trinajstić information content (AvgIpc) is 2.78. The van der Waals surface area contributed by atoms with Gasteiger partial charge in [0.05, 0.1) is 13.2 Å². The Bertz CT molecular complexity index is 541. The van der Waals surface area contributed by atoms with Crippen LogP contribution >= 0.6 is 0 Å². The van der Waals surface area contributed by atoms with E-state index in [4.69, 9.17) is 9.47 Å². The number of benzene rings is 1. The first kappa shape index (κ1) is 12.7. The topological polar surface area (TPSA) is 23.4 Å². The quantitative estimate of drug-likeness (QED) is 0.839. The second kappa shape index (κ2) is 5.76. The van der Waals surface area contributed by atoms with E-state index in [1.807, 2.05) is 0 Å². The molecule has 0 radical (unpaired) electrons. The maximum Gasteiger partial charge on any atom is 0.157 e. The van der Waals surface area contributed by atoms with Crippen LogP contribution in [0.2, 0.25) is 0 Å². The lowest BCUT2D eigenvalue weighted by Crippen LogP contribution is -2.24. The summed E-state index contributed by atoms with van der Waals surface area (Å²) in [5, 5.41) is 1.35. The largest absolute Gasteiger partial charge is 0.353 e. The van der Waals surface area contributed by atoms with Gasteiger partial charge < -0.3 is 14.0 Å². The molecule has 3 nitrogen and oxygen atoms in total. The van der Waals surface area contributed by atoms with Crippen LogP contribution in [-0.4, -0.2) is 24.1 Å². The van der Waals surface area contributed by atoms with Crippen molar-refractivity contribution in [3.8, 4) is 0 Å². The molecular formula is C16H21NO2. The molecule has 1 aromatic carbocycles. The number of rotatable bonds is 4. The highest BCUT2D eigenvalue weighted by Crippen LogP contribution is 2.21. The summed E-state index contributed by atoms with van der Waals surface area (Å²) >= 11 is 0. The molecule has 19 heavy (non-hydrogen) atoms. The van der Waals surface area contributed by atoms with Crippen molar-refractivity contribution in [2.24, 2.45) is 0 Å². The minimum absolute atomic E-state index is 0.0108. The summed E-state index contributed by atoms with van der Waals surface area (Å²) < 4.78 is 13.5. The predicted molar refractivity (Wildman–Crippen MR) is 76.2 cm³/mol. The first-order valence-electron chi connectivity index (χ1n) is 7.12. The highest BCUT2D eigenvalue weighted by atomic mass is 16.7. The van der Waals surface area contributed by atoms with E-state index in [1.165, 1.54) is 16.5 Å². The molecule has 0 saturated carbocycles. The zero-order valence-corrected chi connectivity index (χ0v) is 11.5. The van der Waals surface area contributed by atoms with Crippen LogP contribution in [0.1, 0.15) is 24.8 Å². The third-order valence-corrected chi connectivity index (χ3v) is 3.72. The molecule has 1 aromatic heterocycles. The predicted octanol–water partition coefficient (Wildman–Crippen LogP) is 3.49. The summed E-state index contributed by atoms with van der Waals surface area (Å²) in [4.78, 5) is 0. The van der Waals surface area contributed by atoms with Gasteiger partial charge >= 0.3 is 0 Å². The van der Waals surface area contributed by atoms with E-state index >= 15 is 0 Å². The molecular weight excluding hydrogens is 238 g/mol. The second-order valence-electron chi connectivity index (χ2n) is 5.19. The normalized spacial score (nSPS) is 17.1. The zero-order valence-electron chi connectivity index (χ0n) is 11.5. The number of nitrogens with zero attached hydrogens (tertiary/aromatic N) is 1. The van der Waals surface area contributed by atoms with Crippen LogP contribution in [0, 0.1) is 6.92 Å². The molecule has 1 saturated heterocycles. The van der Waals surface area contributed by atoms with Gasteiger partial charge in [-0.2, -0.15) is 0 Å². The summed E-state index contributed by atoms with van der Waals surface area (Å²) in [5.74, 6) is 0. The van der Waals surface area contributed by atoms with Crippen molar-refractivity contribution in [3.05, 3.63) is 36.0 Å². The SMILES string of the molecule is Cc1cn(CCCC2OCCCO2)c2ccccc12. The van der Waals surface area contributed by atoms with Gasteiger partial charge in [0.1, 0.15) is 0 Å². The van der Waals surface area contributed by atoms with Crippen molar-refractivity contribution >= 4 is 10.9 Å². The molecule has 0 atom stereocenters. The maximum atomic E-state index is 5.58. The monoisotopic (exact) mass is 259 g/mol. The van der Waals surface area contributed by atoms with Gasteiger partial charge in [0, 0.05) is 30.1 Å². The molecule has 3 heteroatoms. The molecule has 1 fully saturated rings. The Labute approximate surface area is 114 Å². The molecule has 0 aliphatic carbocycles. The van der Waals surface area contributed by atoms with Gasteiger partial charge in [-0.1, -0.05) is 18.2 Å². The molecule has 2 aromatic rings. The lowest BCUT2D eigenvalue weighted by molar-refractivity contribution is -0.181. The number of para-hydroxylation sites is 1. The number of hydrogen-bond acceptors (Lipinski definition) is 2. The number of ether oxygens (including phenoxy) is 2. The zero-order chi connectivity index (χ0) is 13.1. The number of fused-ring (bicyclic) bond motifs is 1. The Hall–Kier alpha value is -1.32. The number of aromatic nitrogens is 1. The van der Waals surface area contributed by atoms with Crippen LogP contribution in [0.25, 0.3) is 10.9 Å². The summed E-state index contributed by atoms with van der Waals surface area (Å²) in [6.07, 6.45) is 5.34. The molecule has 2 heterocycles. The molecule has 102 valence electrons. The summed E-state index contributed by atoms with van der Waals surface area (Å²) in [6, 6.07) is 8.58. The highest BCUT2D eigenvalue weighted by molar-refractivity contribution is 5.83. The highest BCUT2D eigenvalue weighted by Gasteiger charge is 2.13. The third-order valence-electron chi connectivity index (χ3n) is 3.72. The van der Waals surface area contributed by atoms with Gasteiger partial charge in [0.2, 0.25) is 0 Å². The van der Waals surface area contributed by atoms with E-state index in [-0.39, 0.29) is 6.29 Å². The number of hydrogen-bond donors (Lipinski definition) is 0. The van der Waals surface area contributed by atoms with E-state index < -0.39 is 0 Å². The smallest absolute Gasteiger partial charge is 0.157 e. The standard InChI is InChI=1S/C16H21NO2/c1-13-12-17(15-7-3-2-6-14(13)15)9-4-8-16-18-10-5-11-19-16/h2-3,6-7,12,16H,4-5,8-11H2,1H3. The summed E-state index contributed by atoms with van der Waals surface area (Å²) in [7, 11) is 0. The van der Waals surface area contributed by atoms with Crippen LogP contribution in [0.5, 0.6) is 0 Å². The fraction of sp³-hybridized carbons (Fsp3) is 0.500. The Kier molecular flexibility index (Phi) is 3.85. The van der Waals surface area contributed by atoms with Crippen molar-refractivity contribution in [2.75, 3.05) is 13.2 Å². The molecule has 0 N–H and O–H groups in total. The summed E-state index contributed by atoms with van der Waals surface area (Å²) in [6.45, 7) is 4.89. The third kappa shape index (κ3) is 2.82. The second-order valence-corrected chi connectivity index (χ2v) is 5.19. The average molecular weight is 259 g/mol. The molecule has 1 aliphatic rings. The van der Waals surface area contributed by atoms with Crippen LogP contribution in [0.15, 0.2) is 30.5 Å². The number of aryl methyl sites for hydroxylation is 2. The van der Waals surface area contributed by atoms with Crippen molar-refractivity contribution in [2.45, 2.75) is 39.0 Å². The van der Waals surface area contributed by atoms with Gasteiger partial charge in [0.15, 0.2) is 6.29 Å². The minimum atomic E-state index is 0.0108. The van der Waals surface area contributed by atoms with E-state index in [1.54, 1.807) is 0 Å². The fourth-order valence-corrected chi connectivity index (χ4v) is 2.75. The van der Waals surface area contributed by atoms with Gasteiger partial charge in [-0.15, -0.1) is 0 Å². The van der Waals surface area contributed by atoms with Crippen molar-refractivity contribution < 1.29 is 9.47 Å². The van der Waals surface area contributed by atoms with E-state index in [0.29, 0.717) is 0 Å². The van der Waals surface area contributed by atoms with Gasteiger partial charge in [-0.25, -0.2) is 0 Å². The van der Waals surface area contributed by atoms with Gasteiger partial charge in [-0.3, -0.25) is 0 Å². The van der Waals surface area contributed by atoms with Crippen molar-refractivity contribution in [3.63, 3.8) is 0 Å².